The summed E-state index contributed by atoms with van der Waals surface area (Å²) in [5.74, 6) is -1.66. The summed E-state index contributed by atoms with van der Waals surface area (Å²) < 4.78 is 39.1. The number of carbonyl (C=O) groups is 3. The minimum atomic E-state index is -4.77. The second-order valence-corrected chi connectivity index (χ2v) is 18.0. The van der Waals surface area contributed by atoms with Gasteiger partial charge in [0.25, 0.3) is 0 Å². The van der Waals surface area contributed by atoms with Crippen LogP contribution in [0.5, 0.6) is 0 Å². The zero-order chi connectivity index (χ0) is 49.9. The number of unbranched alkanes of at least 4 members (excludes halogenated alkanes) is 12. The largest absolute Gasteiger partial charge is 0.472 e. The summed E-state index contributed by atoms with van der Waals surface area (Å²) in [4.78, 5) is 48.2. The van der Waals surface area contributed by atoms with Crippen molar-refractivity contribution in [2.24, 2.45) is 0 Å². The summed E-state index contributed by atoms with van der Waals surface area (Å²) in [5.41, 5.74) is 0. The van der Waals surface area contributed by atoms with Crippen LogP contribution in [0.15, 0.2) is 109 Å². The first-order chi connectivity index (χ1) is 33.2. The summed E-state index contributed by atoms with van der Waals surface area (Å²) in [7, 11) is -4.77. The lowest BCUT2D eigenvalue weighted by molar-refractivity contribution is -0.160. The van der Waals surface area contributed by atoms with Gasteiger partial charge in [0.15, 0.2) is 6.10 Å². The van der Waals surface area contributed by atoms with Gasteiger partial charge in [-0.15, -0.1) is 0 Å². The van der Waals surface area contributed by atoms with Crippen LogP contribution in [0.3, 0.4) is 0 Å². The minimum absolute atomic E-state index is 0.0746. The smallest absolute Gasteiger partial charge is 0.462 e. The Kier molecular flexibility index (Phi) is 46.7. The fourth-order valence-electron chi connectivity index (χ4n) is 6.36. The van der Waals surface area contributed by atoms with Crippen LogP contribution in [-0.4, -0.2) is 66.5 Å². The zero-order valence-electron chi connectivity index (χ0n) is 42.3. The van der Waals surface area contributed by atoms with E-state index < -0.39 is 64.4 Å². The maximum absolute atomic E-state index is 12.8. The van der Waals surface area contributed by atoms with E-state index in [2.05, 4.69) is 106 Å². The summed E-state index contributed by atoms with van der Waals surface area (Å²) in [6, 6.07) is 0. The lowest BCUT2D eigenvalue weighted by Crippen LogP contribution is -2.30. The number of aliphatic hydroxyl groups is 1. The molecule has 3 unspecified atom stereocenters. The molecule has 0 bridgehead atoms. The van der Waals surface area contributed by atoms with Crippen molar-refractivity contribution < 1.29 is 52.2 Å². The van der Waals surface area contributed by atoms with Crippen molar-refractivity contribution in [3.8, 4) is 0 Å². The van der Waals surface area contributed by atoms with Crippen LogP contribution in [0.2, 0.25) is 0 Å². The number of ether oxygens (including phenoxy) is 3. The molecule has 0 aliphatic carbocycles. The van der Waals surface area contributed by atoms with Crippen LogP contribution < -0.4 is 0 Å². The first kappa shape index (κ1) is 64.1. The maximum atomic E-state index is 12.8. The third kappa shape index (κ3) is 47.2. The van der Waals surface area contributed by atoms with E-state index in [1.165, 1.54) is 32.1 Å². The number of aliphatic hydroxyl groups excluding tert-OH is 1. The normalized spacial score (nSPS) is 14.4. The highest BCUT2D eigenvalue weighted by Gasteiger charge is 2.28. The second kappa shape index (κ2) is 49.6. The summed E-state index contributed by atoms with van der Waals surface area (Å²) in [6.45, 7) is 4.22. The van der Waals surface area contributed by atoms with Gasteiger partial charge < -0.3 is 24.2 Å². The quantitative estimate of drug-likeness (QED) is 0.0197. The van der Waals surface area contributed by atoms with Gasteiger partial charge in [-0.05, 0) is 83.5 Å². The molecule has 68 heavy (non-hydrogen) atoms. The molecule has 0 spiro atoms. The van der Waals surface area contributed by atoms with E-state index in [1.807, 2.05) is 18.2 Å². The van der Waals surface area contributed by atoms with Crippen molar-refractivity contribution in [1.29, 1.82) is 0 Å². The second-order valence-electron chi connectivity index (χ2n) is 16.6. The average Bonchev–Trinajstić information content (AvgIpc) is 3.32. The summed E-state index contributed by atoms with van der Waals surface area (Å²) >= 11 is 0. The molecule has 0 aromatic heterocycles. The van der Waals surface area contributed by atoms with Crippen LogP contribution in [0.25, 0.3) is 0 Å². The first-order valence-corrected chi connectivity index (χ1v) is 27.3. The predicted octanol–water partition coefficient (Wildman–Crippen LogP) is 14.7. The van der Waals surface area contributed by atoms with Gasteiger partial charge in [-0.1, -0.05) is 194 Å². The fourth-order valence-corrected chi connectivity index (χ4v) is 7.15. The highest BCUT2D eigenvalue weighted by atomic mass is 31.2. The van der Waals surface area contributed by atoms with Crippen molar-refractivity contribution in [2.45, 2.75) is 200 Å². The maximum Gasteiger partial charge on any atom is 0.472 e. The Morgan fingerprint density at radius 2 is 0.824 bits per heavy atom. The van der Waals surface area contributed by atoms with Crippen molar-refractivity contribution in [1.82, 2.24) is 0 Å². The number of carbonyl (C=O) groups excluding carboxylic acids is 3. The van der Waals surface area contributed by atoms with Crippen molar-refractivity contribution in [3.05, 3.63) is 109 Å². The third-order valence-corrected chi connectivity index (χ3v) is 11.2. The lowest BCUT2D eigenvalue weighted by Gasteiger charge is -2.21. The van der Waals surface area contributed by atoms with Crippen LogP contribution in [0.1, 0.15) is 188 Å². The summed E-state index contributed by atoms with van der Waals surface area (Å²) in [5, 5.41) is 9.74. The Balaban J connectivity index is 4.92. The Bertz CT molecular complexity index is 1550. The monoisotopic (exact) mass is 971 g/mol. The van der Waals surface area contributed by atoms with E-state index in [0.717, 1.165) is 96.3 Å². The minimum Gasteiger partial charge on any atom is -0.462 e. The number of allylic oxidation sites excluding steroid dienone is 17. The topological polar surface area (TPSA) is 155 Å². The molecule has 0 aromatic rings. The molecule has 0 saturated heterocycles. The van der Waals surface area contributed by atoms with Crippen molar-refractivity contribution in [3.63, 3.8) is 0 Å². The molecule has 0 aliphatic rings. The molecule has 3 atom stereocenters. The van der Waals surface area contributed by atoms with Gasteiger partial charge in [0.1, 0.15) is 12.7 Å². The third-order valence-electron chi connectivity index (χ3n) is 10.2. The van der Waals surface area contributed by atoms with Gasteiger partial charge in [-0.25, -0.2) is 4.57 Å². The molecule has 0 fully saturated rings. The predicted molar refractivity (Wildman–Crippen MR) is 279 cm³/mol. The number of rotatable bonds is 46. The highest BCUT2D eigenvalue weighted by molar-refractivity contribution is 7.47. The van der Waals surface area contributed by atoms with Crippen molar-refractivity contribution in [2.75, 3.05) is 26.4 Å². The van der Waals surface area contributed by atoms with E-state index >= 15 is 0 Å². The van der Waals surface area contributed by atoms with Gasteiger partial charge in [0.05, 0.1) is 26.2 Å². The average molecular weight is 971 g/mol. The number of hydrogen-bond acceptors (Lipinski definition) is 10. The van der Waals surface area contributed by atoms with E-state index in [0.29, 0.717) is 19.3 Å². The van der Waals surface area contributed by atoms with Gasteiger partial charge in [-0.2, -0.15) is 0 Å². The Morgan fingerprint density at radius 3 is 1.29 bits per heavy atom. The molecular weight excluding hydrogens is 880 g/mol. The van der Waals surface area contributed by atoms with Gasteiger partial charge in [0.2, 0.25) is 0 Å². The van der Waals surface area contributed by atoms with E-state index in [1.54, 1.807) is 6.08 Å². The van der Waals surface area contributed by atoms with Crippen LogP contribution >= 0.6 is 7.82 Å². The molecule has 0 aliphatic heterocycles. The molecule has 0 amide bonds. The van der Waals surface area contributed by atoms with Crippen LogP contribution in [0, 0.1) is 0 Å². The Morgan fingerprint density at radius 1 is 0.441 bits per heavy atom. The van der Waals surface area contributed by atoms with Gasteiger partial charge >= 0.3 is 25.7 Å². The molecular formula is C56H91O11P. The van der Waals surface area contributed by atoms with E-state index in [4.69, 9.17) is 23.3 Å². The molecule has 12 heteroatoms. The lowest BCUT2D eigenvalue weighted by atomic mass is 10.1. The molecule has 0 heterocycles. The number of esters is 3. The fraction of sp³-hybridized carbons (Fsp3) is 0.625. The molecule has 11 nitrogen and oxygen atoms in total. The van der Waals surface area contributed by atoms with Crippen LogP contribution in [-0.2, 0) is 42.2 Å². The van der Waals surface area contributed by atoms with Gasteiger partial charge in [0, 0.05) is 12.8 Å². The zero-order valence-corrected chi connectivity index (χ0v) is 43.2. The molecule has 0 rings (SSSR count). The SMILES string of the molecule is CC/C=C\C/C=C\C/C=C\C/C=C\C/C=C\CC(=O)OC(COC(=O)CCCCCC/C=C\C/C=C\C/C=C\C/C=C\CC)COP(=O)(O)OCC(CO)OC(=O)CCCCCCCCCCC. The van der Waals surface area contributed by atoms with E-state index in [9.17, 15) is 28.9 Å². The molecule has 0 aromatic carbocycles. The Hall–Kier alpha value is -3.86. The highest BCUT2D eigenvalue weighted by Crippen LogP contribution is 2.43. The number of hydrogen-bond donors (Lipinski definition) is 2. The number of phosphoric acid groups is 1. The number of phosphoric ester groups is 1. The van der Waals surface area contributed by atoms with Crippen molar-refractivity contribution >= 4 is 25.7 Å². The molecule has 386 valence electrons. The molecule has 0 saturated carbocycles. The first-order valence-electron chi connectivity index (χ1n) is 25.8. The summed E-state index contributed by atoms with van der Waals surface area (Å²) in [6.07, 6.45) is 58.1. The standard InChI is InChI=1S/C56H91O11P/c1-4-7-10-13-16-19-21-23-25-26-28-29-31-34-36-39-42-45-54(58)63-49-53(67-56(60)47-44-41-38-35-32-30-27-24-22-20-17-14-11-8-5-2)51-65-68(61,62)64-50-52(48-57)66-55(59)46-43-40-37-33-18-15-12-9-6-3/h7-8,10-11,16-17,19-20,23-25,27-29,32,35,41,44,52-53,57H,4-6,9,12-15,18,21-22,26,30-31,33-34,36-40,42-43,45-51H2,1-3H3,(H,61,62)/b10-7-,11-8-,19-16-,20-17-,25-23-,27-24-,29-28-,35-32-,44-41-. The van der Waals surface area contributed by atoms with E-state index in [-0.39, 0.29) is 19.3 Å². The molecule has 2 N–H and O–H groups in total. The van der Waals surface area contributed by atoms with Crippen LogP contribution in [0.4, 0.5) is 0 Å². The molecule has 0 radical (unpaired) electrons. The van der Waals surface area contributed by atoms with Gasteiger partial charge in [-0.3, -0.25) is 23.4 Å². The Labute approximate surface area is 412 Å².